The Morgan fingerprint density at radius 2 is 2.05 bits per heavy atom. The topological polar surface area (TPSA) is 81.1 Å². The lowest BCUT2D eigenvalue weighted by Crippen LogP contribution is -2.51. The molecule has 0 aliphatic carbocycles. The van der Waals surface area contributed by atoms with E-state index in [1.807, 2.05) is 6.92 Å². The smallest absolute Gasteiger partial charge is 0.275 e. The molecule has 2 rings (SSSR count). The normalized spacial score (nSPS) is 21.7. The number of imide groups is 1. The van der Waals surface area contributed by atoms with Gasteiger partial charge in [0.15, 0.2) is 0 Å². The predicted molar refractivity (Wildman–Crippen MR) is 69.4 cm³/mol. The number of carbonyl (C=O) groups is 2. The molecule has 2 heterocycles. The quantitative estimate of drug-likeness (QED) is 0.645. The minimum absolute atomic E-state index is 0.220. The van der Waals surface area contributed by atoms with Gasteiger partial charge in [-0.3, -0.25) is 19.7 Å². The van der Waals surface area contributed by atoms with E-state index in [0.29, 0.717) is 11.6 Å². The highest BCUT2D eigenvalue weighted by atomic mass is 16.2. The summed E-state index contributed by atoms with van der Waals surface area (Å²) in [5.74, 6) is -0.781. The van der Waals surface area contributed by atoms with Crippen LogP contribution in [0.15, 0.2) is 11.0 Å². The van der Waals surface area contributed by atoms with Gasteiger partial charge in [-0.2, -0.15) is 5.10 Å². The average Bonchev–Trinajstić information content (AvgIpc) is 2.39. The van der Waals surface area contributed by atoms with Crippen molar-refractivity contribution in [2.24, 2.45) is 0 Å². The molecule has 0 spiro atoms. The molecule has 1 aromatic heterocycles. The molecule has 0 aromatic carbocycles. The number of aromatic nitrogens is 2. The van der Waals surface area contributed by atoms with Crippen LogP contribution >= 0.6 is 0 Å². The van der Waals surface area contributed by atoms with E-state index < -0.39 is 11.9 Å². The number of nitrogens with zero attached hydrogens (tertiary/aromatic N) is 2. The molecule has 1 fully saturated rings. The molecule has 1 N–H and O–H groups in total. The Labute approximate surface area is 109 Å². The van der Waals surface area contributed by atoms with Crippen LogP contribution in [0, 0.1) is 0 Å². The van der Waals surface area contributed by atoms with Crippen LogP contribution < -0.4 is 21.3 Å². The fraction of sp³-hybridized carbons (Fsp3) is 0.385. The average molecular weight is 261 g/mol. The molecule has 100 valence electrons. The fourth-order valence-electron chi connectivity index (χ4n) is 2.15. The van der Waals surface area contributed by atoms with E-state index in [0.717, 1.165) is 9.90 Å². The van der Waals surface area contributed by atoms with Crippen LogP contribution in [0.1, 0.15) is 32.7 Å². The molecule has 1 aliphatic heterocycles. The molecule has 0 bridgehead atoms. The Bertz CT molecular complexity index is 703. The summed E-state index contributed by atoms with van der Waals surface area (Å²) in [4.78, 5) is 35.2. The first kappa shape index (κ1) is 13.2. The zero-order valence-corrected chi connectivity index (χ0v) is 10.8. The Kier molecular flexibility index (Phi) is 3.59. The van der Waals surface area contributed by atoms with Crippen molar-refractivity contribution in [1.82, 2.24) is 15.1 Å². The van der Waals surface area contributed by atoms with Crippen molar-refractivity contribution in [3.05, 3.63) is 27.0 Å². The molecule has 19 heavy (non-hydrogen) atoms. The highest BCUT2D eigenvalue weighted by Gasteiger charge is 2.29. The molecule has 0 radical (unpaired) electrons. The Morgan fingerprint density at radius 1 is 1.32 bits per heavy atom. The van der Waals surface area contributed by atoms with Crippen LogP contribution in [0.5, 0.6) is 0 Å². The Balaban J connectivity index is 2.57. The van der Waals surface area contributed by atoms with E-state index in [4.69, 9.17) is 0 Å². The molecule has 0 saturated carbocycles. The van der Waals surface area contributed by atoms with Gasteiger partial charge in [0.05, 0.1) is 6.20 Å². The fourth-order valence-corrected chi connectivity index (χ4v) is 2.15. The van der Waals surface area contributed by atoms with Crippen LogP contribution in [-0.2, 0) is 9.59 Å². The van der Waals surface area contributed by atoms with Gasteiger partial charge in [-0.15, -0.1) is 0 Å². The lowest BCUT2D eigenvalue weighted by molar-refractivity contribution is -0.136. The van der Waals surface area contributed by atoms with Crippen LogP contribution in [-0.4, -0.2) is 21.6 Å². The summed E-state index contributed by atoms with van der Waals surface area (Å²) in [6.07, 6.45) is 5.56. The number of carbonyl (C=O) groups excluding carboxylic acids is 2. The molecule has 1 aliphatic rings. The van der Waals surface area contributed by atoms with Gasteiger partial charge < -0.3 is 0 Å². The molecule has 1 unspecified atom stereocenters. The molecule has 6 nitrogen and oxygen atoms in total. The van der Waals surface area contributed by atoms with Gasteiger partial charge in [0.25, 0.3) is 11.5 Å². The minimum atomic E-state index is -0.713. The first-order chi connectivity index (χ1) is 9.08. The van der Waals surface area contributed by atoms with Crippen molar-refractivity contribution in [3.8, 4) is 0 Å². The summed E-state index contributed by atoms with van der Waals surface area (Å²) in [5, 5.41) is 7.51. The van der Waals surface area contributed by atoms with Crippen LogP contribution in [0.25, 0.3) is 12.2 Å². The lowest BCUT2D eigenvalue weighted by Gasteiger charge is -2.21. The minimum Gasteiger partial charge on any atom is -0.295 e. The second kappa shape index (κ2) is 5.17. The summed E-state index contributed by atoms with van der Waals surface area (Å²) in [7, 11) is 0. The maximum atomic E-state index is 12.3. The van der Waals surface area contributed by atoms with E-state index in [9.17, 15) is 14.4 Å². The largest absolute Gasteiger partial charge is 0.295 e. The summed E-state index contributed by atoms with van der Waals surface area (Å²) in [6.45, 7) is 3.58. The standard InChI is InChI=1S/C13H15N3O3/c1-3-8-7-14-16(13(19)9(8)4-2)10-5-6-11(17)15-12(10)18/h3-4,7,10H,5-6H2,1-2H3,(H,15,17,18)/b8-3-,9-4+. The molecule has 1 atom stereocenters. The van der Waals surface area contributed by atoms with Gasteiger partial charge in [-0.05, 0) is 20.3 Å². The number of piperidine rings is 1. The van der Waals surface area contributed by atoms with Crippen LogP contribution in [0.4, 0.5) is 0 Å². The summed E-state index contributed by atoms with van der Waals surface area (Å²) in [6, 6.07) is -0.713. The third-order valence-corrected chi connectivity index (χ3v) is 3.18. The third-order valence-electron chi connectivity index (χ3n) is 3.18. The number of hydrogen-bond acceptors (Lipinski definition) is 4. The lowest BCUT2D eigenvalue weighted by atomic mass is 10.1. The predicted octanol–water partition coefficient (Wildman–Crippen LogP) is -1.18. The van der Waals surface area contributed by atoms with E-state index >= 15 is 0 Å². The maximum Gasteiger partial charge on any atom is 0.275 e. The first-order valence-electron chi connectivity index (χ1n) is 6.12. The van der Waals surface area contributed by atoms with Gasteiger partial charge >= 0.3 is 0 Å². The number of hydrogen-bond donors (Lipinski definition) is 1. The van der Waals surface area contributed by atoms with Crippen molar-refractivity contribution < 1.29 is 9.59 Å². The molecule has 2 amide bonds. The van der Waals surface area contributed by atoms with Crippen LogP contribution in [0.3, 0.4) is 0 Å². The second-order valence-corrected chi connectivity index (χ2v) is 4.31. The first-order valence-corrected chi connectivity index (χ1v) is 6.12. The van der Waals surface area contributed by atoms with E-state index in [2.05, 4.69) is 10.4 Å². The van der Waals surface area contributed by atoms with Gasteiger partial charge in [-0.1, -0.05) is 12.2 Å². The summed E-state index contributed by atoms with van der Waals surface area (Å²) < 4.78 is 1.16. The number of amides is 2. The highest BCUT2D eigenvalue weighted by Crippen LogP contribution is 2.14. The second-order valence-electron chi connectivity index (χ2n) is 4.31. The van der Waals surface area contributed by atoms with Crippen molar-refractivity contribution in [2.45, 2.75) is 32.7 Å². The van der Waals surface area contributed by atoms with Crippen molar-refractivity contribution in [3.63, 3.8) is 0 Å². The van der Waals surface area contributed by atoms with E-state index in [-0.39, 0.29) is 17.9 Å². The molecular formula is C13H15N3O3. The number of nitrogens with one attached hydrogen (secondary N) is 1. The van der Waals surface area contributed by atoms with Crippen molar-refractivity contribution in [1.29, 1.82) is 0 Å². The van der Waals surface area contributed by atoms with E-state index in [1.54, 1.807) is 25.3 Å². The van der Waals surface area contributed by atoms with Crippen molar-refractivity contribution >= 4 is 24.0 Å². The Hall–Kier alpha value is -2.24. The monoisotopic (exact) mass is 261 g/mol. The summed E-state index contributed by atoms with van der Waals surface area (Å²) in [5.41, 5.74) is -0.312. The number of rotatable bonds is 1. The third kappa shape index (κ3) is 2.33. The molecule has 6 heteroatoms. The maximum absolute atomic E-state index is 12.3. The highest BCUT2D eigenvalue weighted by molar-refractivity contribution is 5.99. The Morgan fingerprint density at radius 3 is 2.63 bits per heavy atom. The van der Waals surface area contributed by atoms with E-state index in [1.165, 1.54) is 0 Å². The van der Waals surface area contributed by atoms with Crippen molar-refractivity contribution in [2.75, 3.05) is 0 Å². The van der Waals surface area contributed by atoms with Gasteiger partial charge in [0.1, 0.15) is 6.04 Å². The molecule has 1 saturated heterocycles. The molecule has 1 aromatic rings. The van der Waals surface area contributed by atoms with Gasteiger partial charge in [0, 0.05) is 16.9 Å². The molecular weight excluding hydrogens is 246 g/mol. The SMILES string of the molecule is C/C=c1/cnn(C2CCC(=O)NC2=O)c(=O)/c1=C/C. The van der Waals surface area contributed by atoms with Crippen LogP contribution in [0.2, 0.25) is 0 Å². The summed E-state index contributed by atoms with van der Waals surface area (Å²) >= 11 is 0. The zero-order chi connectivity index (χ0) is 14.0. The van der Waals surface area contributed by atoms with Gasteiger partial charge in [0.2, 0.25) is 5.91 Å². The zero-order valence-electron chi connectivity index (χ0n) is 10.8. The van der Waals surface area contributed by atoms with Gasteiger partial charge in [-0.25, -0.2) is 4.68 Å².